The van der Waals surface area contributed by atoms with Crippen LogP contribution in [0.1, 0.15) is 51.9 Å². The highest BCUT2D eigenvalue weighted by atomic mass is 14.4. The van der Waals surface area contributed by atoms with Crippen LogP contribution in [0, 0.1) is 24.2 Å². The summed E-state index contributed by atoms with van der Waals surface area (Å²) in [6, 6.07) is 0. The molecule has 0 aromatic heterocycles. The molecule has 2 aliphatic rings. The summed E-state index contributed by atoms with van der Waals surface area (Å²) in [7, 11) is 0. The van der Waals surface area contributed by atoms with E-state index in [2.05, 4.69) is 13.3 Å². The zero-order valence-corrected chi connectivity index (χ0v) is 8.26. The van der Waals surface area contributed by atoms with Crippen molar-refractivity contribution in [3.8, 4) is 0 Å². The minimum absolute atomic E-state index is 1.07. The van der Waals surface area contributed by atoms with Crippen LogP contribution >= 0.6 is 0 Å². The molecule has 0 aromatic carbocycles. The Morgan fingerprint density at radius 1 is 1.17 bits per heavy atom. The Hall–Kier alpha value is 0. The van der Waals surface area contributed by atoms with Crippen molar-refractivity contribution >= 4 is 0 Å². The van der Waals surface area contributed by atoms with E-state index in [-0.39, 0.29) is 0 Å². The van der Waals surface area contributed by atoms with Gasteiger partial charge in [-0.15, -0.1) is 0 Å². The Morgan fingerprint density at radius 2 is 2.08 bits per heavy atom. The summed E-state index contributed by atoms with van der Waals surface area (Å²) in [5, 5.41) is 0. The zero-order chi connectivity index (χ0) is 8.39. The Labute approximate surface area is 76.7 Å². The number of rotatable bonds is 1. The smallest absolute Gasteiger partial charge is 0.0383 e. The molecule has 3 atom stereocenters. The maximum absolute atomic E-state index is 2.52. The highest BCUT2D eigenvalue weighted by Crippen LogP contribution is 2.42. The van der Waals surface area contributed by atoms with Crippen molar-refractivity contribution in [2.24, 2.45) is 17.8 Å². The first-order valence-electron chi connectivity index (χ1n) is 5.71. The molecule has 12 heavy (non-hydrogen) atoms. The van der Waals surface area contributed by atoms with E-state index in [1.54, 1.807) is 6.42 Å². The predicted molar refractivity (Wildman–Crippen MR) is 52.8 cm³/mol. The van der Waals surface area contributed by atoms with E-state index in [4.69, 9.17) is 0 Å². The number of hydrogen-bond donors (Lipinski definition) is 0. The molecule has 3 unspecified atom stereocenters. The summed E-state index contributed by atoms with van der Waals surface area (Å²) in [6.45, 7) is 2.36. The van der Waals surface area contributed by atoms with Crippen LogP contribution in [-0.4, -0.2) is 0 Å². The molecule has 0 bridgehead atoms. The summed E-state index contributed by atoms with van der Waals surface area (Å²) in [5.74, 6) is 3.26. The minimum Gasteiger partial charge on any atom is -0.0651 e. The van der Waals surface area contributed by atoms with Gasteiger partial charge in [0.25, 0.3) is 0 Å². The number of hydrogen-bond acceptors (Lipinski definition) is 0. The summed E-state index contributed by atoms with van der Waals surface area (Å²) < 4.78 is 0. The fraction of sp³-hybridized carbons (Fsp3) is 0.917. The molecule has 0 saturated heterocycles. The van der Waals surface area contributed by atoms with Gasteiger partial charge in [0.1, 0.15) is 0 Å². The molecular weight excluding hydrogens is 144 g/mol. The quantitative estimate of drug-likeness (QED) is 0.554. The van der Waals surface area contributed by atoms with Crippen molar-refractivity contribution in [2.45, 2.75) is 51.9 Å². The first-order valence-corrected chi connectivity index (χ1v) is 5.71. The Kier molecular flexibility index (Phi) is 2.73. The van der Waals surface area contributed by atoms with Gasteiger partial charge in [0, 0.05) is 0 Å². The largest absolute Gasteiger partial charge is 0.0651 e. The molecule has 2 rings (SSSR count). The molecule has 1 radical (unpaired) electrons. The molecule has 0 spiro atoms. The fourth-order valence-electron chi connectivity index (χ4n) is 3.12. The molecule has 0 N–H and O–H groups in total. The molecule has 0 nitrogen and oxygen atoms in total. The molecule has 0 aromatic rings. The minimum atomic E-state index is 1.07. The second-order valence-corrected chi connectivity index (χ2v) is 4.71. The van der Waals surface area contributed by atoms with Gasteiger partial charge in [-0.3, -0.25) is 0 Å². The van der Waals surface area contributed by atoms with Gasteiger partial charge in [-0.25, -0.2) is 0 Å². The van der Waals surface area contributed by atoms with Gasteiger partial charge in [-0.1, -0.05) is 19.8 Å². The normalized spacial score (nSPS) is 42.2. The van der Waals surface area contributed by atoms with Gasteiger partial charge in [0.15, 0.2) is 0 Å². The van der Waals surface area contributed by atoms with Crippen LogP contribution in [-0.2, 0) is 0 Å². The highest BCUT2D eigenvalue weighted by Gasteiger charge is 2.31. The van der Waals surface area contributed by atoms with Crippen LogP contribution in [0.3, 0.4) is 0 Å². The van der Waals surface area contributed by atoms with E-state index in [1.165, 1.54) is 38.5 Å². The lowest BCUT2D eigenvalue weighted by molar-refractivity contribution is 0.146. The fourth-order valence-corrected chi connectivity index (χ4v) is 3.12. The van der Waals surface area contributed by atoms with Crippen molar-refractivity contribution in [1.82, 2.24) is 0 Å². The van der Waals surface area contributed by atoms with Gasteiger partial charge in [-0.05, 0) is 56.3 Å². The third-order valence-electron chi connectivity index (χ3n) is 4.04. The molecular formula is C12H21. The summed E-state index contributed by atoms with van der Waals surface area (Å²) >= 11 is 0. The second kappa shape index (κ2) is 3.81. The topological polar surface area (TPSA) is 0 Å². The van der Waals surface area contributed by atoms with E-state index >= 15 is 0 Å². The summed E-state index contributed by atoms with van der Waals surface area (Å²) in [4.78, 5) is 0. The van der Waals surface area contributed by atoms with Crippen molar-refractivity contribution in [3.63, 3.8) is 0 Å². The first kappa shape index (κ1) is 8.59. The number of fused-ring (bicyclic) bond motifs is 1. The Morgan fingerprint density at radius 3 is 2.92 bits per heavy atom. The third-order valence-corrected chi connectivity index (χ3v) is 4.04. The molecule has 0 heterocycles. The average Bonchev–Trinajstić information content (AvgIpc) is 2.17. The molecule has 2 aliphatic carbocycles. The van der Waals surface area contributed by atoms with Crippen molar-refractivity contribution in [2.75, 3.05) is 0 Å². The Bertz CT molecular complexity index is 139. The lowest BCUT2D eigenvalue weighted by atomic mass is 9.67. The van der Waals surface area contributed by atoms with Crippen molar-refractivity contribution < 1.29 is 0 Å². The molecule has 0 amide bonds. The zero-order valence-electron chi connectivity index (χ0n) is 8.26. The second-order valence-electron chi connectivity index (χ2n) is 4.71. The van der Waals surface area contributed by atoms with Gasteiger partial charge >= 0.3 is 0 Å². The van der Waals surface area contributed by atoms with Crippen LogP contribution in [0.15, 0.2) is 0 Å². The average molecular weight is 165 g/mol. The third kappa shape index (κ3) is 1.67. The van der Waals surface area contributed by atoms with E-state index < -0.39 is 0 Å². The van der Waals surface area contributed by atoms with Crippen molar-refractivity contribution in [3.05, 3.63) is 6.42 Å². The van der Waals surface area contributed by atoms with E-state index in [0.717, 1.165) is 17.8 Å². The lowest BCUT2D eigenvalue weighted by Gasteiger charge is -2.39. The van der Waals surface area contributed by atoms with Crippen LogP contribution in [0.2, 0.25) is 0 Å². The van der Waals surface area contributed by atoms with Crippen LogP contribution in [0.25, 0.3) is 0 Å². The summed E-state index contributed by atoms with van der Waals surface area (Å²) in [5.41, 5.74) is 0. The molecule has 2 saturated carbocycles. The van der Waals surface area contributed by atoms with Gasteiger partial charge in [-0.2, -0.15) is 0 Å². The predicted octanol–water partition coefficient (Wildman–Crippen LogP) is 3.82. The van der Waals surface area contributed by atoms with Gasteiger partial charge in [0.05, 0.1) is 0 Å². The molecule has 2 fully saturated rings. The lowest BCUT2D eigenvalue weighted by Crippen LogP contribution is -2.27. The standard InChI is InChI=1S/C12H21/c1-2-10-7-8-11-5-3-4-6-12(11)9-10/h3,10-12H,2,4-9H2,1H3. The highest BCUT2D eigenvalue weighted by molar-refractivity contribution is 4.88. The monoisotopic (exact) mass is 165 g/mol. The van der Waals surface area contributed by atoms with Crippen LogP contribution < -0.4 is 0 Å². The van der Waals surface area contributed by atoms with E-state index in [1.807, 2.05) is 0 Å². The van der Waals surface area contributed by atoms with Gasteiger partial charge < -0.3 is 0 Å². The van der Waals surface area contributed by atoms with Crippen molar-refractivity contribution in [1.29, 1.82) is 0 Å². The molecule has 69 valence electrons. The first-order chi connectivity index (χ1) is 5.90. The Balaban J connectivity index is 1.90. The summed E-state index contributed by atoms with van der Waals surface area (Å²) in [6.07, 6.45) is 12.9. The van der Waals surface area contributed by atoms with E-state index in [9.17, 15) is 0 Å². The van der Waals surface area contributed by atoms with Gasteiger partial charge in [0.2, 0.25) is 0 Å². The molecule has 0 aliphatic heterocycles. The molecule has 0 heteroatoms. The maximum Gasteiger partial charge on any atom is -0.0383 e. The van der Waals surface area contributed by atoms with Crippen LogP contribution in [0.4, 0.5) is 0 Å². The van der Waals surface area contributed by atoms with Crippen LogP contribution in [0.5, 0.6) is 0 Å². The maximum atomic E-state index is 2.52. The SMILES string of the molecule is CCC1CCC2C[CH]CCC2C1. The van der Waals surface area contributed by atoms with E-state index in [0.29, 0.717) is 0 Å².